The Bertz CT molecular complexity index is 1830. The summed E-state index contributed by atoms with van der Waals surface area (Å²) in [6.07, 6.45) is 10.4. The number of rotatable bonds is 15. The lowest BCUT2D eigenvalue weighted by atomic mass is 10.1. The van der Waals surface area contributed by atoms with Crippen LogP contribution in [0.15, 0.2) is 77.7 Å². The molecule has 1 aromatic carbocycles. The molecule has 0 saturated heterocycles. The first kappa shape index (κ1) is 33.7. The van der Waals surface area contributed by atoms with Crippen LogP contribution >= 0.6 is 0 Å². The summed E-state index contributed by atoms with van der Waals surface area (Å²) >= 11 is 0. The minimum Gasteiger partial charge on any atom is -0.466 e. The number of anilines is 3. The monoisotopic (exact) mass is 646 g/mol. The van der Waals surface area contributed by atoms with E-state index in [1.807, 2.05) is 75.6 Å². The number of aromatic nitrogens is 5. The van der Waals surface area contributed by atoms with Crippen LogP contribution in [-0.2, 0) is 20.1 Å². The molecule has 4 aromatic heterocycles. The van der Waals surface area contributed by atoms with Crippen LogP contribution in [-0.4, -0.2) is 43.4 Å². The second kappa shape index (κ2) is 16.2. The van der Waals surface area contributed by atoms with Crippen LogP contribution in [0, 0.1) is 25.2 Å². The molecule has 3 N–H and O–H groups in total. The molecule has 0 fully saturated rings. The van der Waals surface area contributed by atoms with Gasteiger partial charge in [-0.15, -0.1) is 0 Å². The number of hydrogen-bond donors (Lipinski definition) is 3. The van der Waals surface area contributed by atoms with Gasteiger partial charge in [-0.25, -0.2) is 14.8 Å². The Kier molecular flexibility index (Phi) is 11.4. The number of nitriles is 1. The number of nitrogens with zero attached hydrogens (tertiary/aromatic N) is 7. The molecule has 0 spiro atoms. The van der Waals surface area contributed by atoms with Gasteiger partial charge in [0, 0.05) is 61.8 Å². The number of benzene rings is 1. The number of hydrogen-bond acceptors (Lipinski definition) is 9. The number of amides is 2. The van der Waals surface area contributed by atoms with Crippen molar-refractivity contribution in [1.82, 2.24) is 30.0 Å². The van der Waals surface area contributed by atoms with Gasteiger partial charge in [0.1, 0.15) is 34.8 Å². The summed E-state index contributed by atoms with van der Waals surface area (Å²) in [4.78, 5) is 29.0. The van der Waals surface area contributed by atoms with Crippen LogP contribution < -0.4 is 20.9 Å². The Labute approximate surface area is 281 Å². The van der Waals surface area contributed by atoms with Gasteiger partial charge in [-0.2, -0.15) is 15.3 Å². The second-order valence-electron chi connectivity index (χ2n) is 11.7. The van der Waals surface area contributed by atoms with Gasteiger partial charge in [0.15, 0.2) is 0 Å². The smallest absolute Gasteiger partial charge is 0.323 e. The van der Waals surface area contributed by atoms with Crippen LogP contribution in [0.3, 0.4) is 0 Å². The topological polar surface area (TPSA) is 150 Å². The third kappa shape index (κ3) is 8.97. The van der Waals surface area contributed by atoms with Gasteiger partial charge in [0.2, 0.25) is 5.95 Å². The molecule has 12 heteroatoms. The fourth-order valence-corrected chi connectivity index (χ4v) is 5.50. The van der Waals surface area contributed by atoms with Crippen LogP contribution in [0.4, 0.5) is 22.4 Å². The predicted octanol–water partition coefficient (Wildman–Crippen LogP) is 6.74. The van der Waals surface area contributed by atoms with Gasteiger partial charge >= 0.3 is 6.03 Å². The second-order valence-corrected chi connectivity index (χ2v) is 11.7. The summed E-state index contributed by atoms with van der Waals surface area (Å²) in [5.74, 6) is 3.14. The van der Waals surface area contributed by atoms with Gasteiger partial charge in [-0.05, 0) is 56.9 Å². The normalized spacial score (nSPS) is 11.5. The summed E-state index contributed by atoms with van der Waals surface area (Å²) in [6, 6.07) is 17.7. The standard InChI is InChI=1S/C36H42N10O2/c1-5-10-32(43-35-40-22-30(18-37)34(44-35)39-21-29-17-25(2)48-26(29)3)13-9-16-46(36(47)41-19-27-11-7-6-8-12-27)33-15-14-28(20-38-33)31-23-42-45(4)24-31/h6-8,11-12,14-15,17,20,22-24,32H,5,9-10,13,16,19,21H2,1-4H3,(H,41,47)(H2,39,40,43,44). The number of aryl methyl sites for hydroxylation is 3. The zero-order valence-corrected chi connectivity index (χ0v) is 27.9. The molecule has 5 rings (SSSR count). The Morgan fingerprint density at radius 2 is 1.88 bits per heavy atom. The number of furan rings is 1. The predicted molar refractivity (Wildman–Crippen MR) is 186 cm³/mol. The summed E-state index contributed by atoms with van der Waals surface area (Å²) in [6.45, 7) is 7.31. The van der Waals surface area contributed by atoms with Crippen molar-refractivity contribution in [2.45, 2.75) is 65.6 Å². The highest BCUT2D eigenvalue weighted by atomic mass is 16.3. The number of carbonyl (C=O) groups excluding carboxylic acids is 1. The van der Waals surface area contributed by atoms with E-state index in [-0.39, 0.29) is 12.1 Å². The van der Waals surface area contributed by atoms with Crippen molar-refractivity contribution < 1.29 is 9.21 Å². The molecule has 0 radical (unpaired) electrons. The number of nitrogens with one attached hydrogen (secondary N) is 3. The average molecular weight is 647 g/mol. The first-order valence-electron chi connectivity index (χ1n) is 16.2. The van der Waals surface area contributed by atoms with Crippen LogP contribution in [0.25, 0.3) is 11.1 Å². The van der Waals surface area contributed by atoms with Crippen molar-refractivity contribution in [3.05, 3.63) is 102 Å². The molecule has 0 bridgehead atoms. The molecule has 1 atom stereocenters. The van der Waals surface area contributed by atoms with E-state index in [0.717, 1.165) is 53.0 Å². The van der Waals surface area contributed by atoms with Crippen LogP contribution in [0.1, 0.15) is 60.8 Å². The first-order valence-corrected chi connectivity index (χ1v) is 16.2. The maximum atomic E-state index is 13.5. The molecule has 0 aliphatic heterocycles. The van der Waals surface area contributed by atoms with Crippen molar-refractivity contribution in [3.8, 4) is 17.2 Å². The van der Waals surface area contributed by atoms with E-state index in [9.17, 15) is 10.1 Å². The maximum Gasteiger partial charge on any atom is 0.323 e. The van der Waals surface area contributed by atoms with E-state index in [1.54, 1.807) is 22.0 Å². The highest BCUT2D eigenvalue weighted by Gasteiger charge is 2.19. The quantitative estimate of drug-likeness (QED) is 0.112. The zero-order chi connectivity index (χ0) is 33.9. The number of urea groups is 1. The van der Waals surface area contributed by atoms with Crippen LogP contribution in [0.5, 0.6) is 0 Å². The van der Waals surface area contributed by atoms with Crippen molar-refractivity contribution in [2.75, 3.05) is 22.1 Å². The third-order valence-corrected chi connectivity index (χ3v) is 8.00. The largest absolute Gasteiger partial charge is 0.466 e. The Morgan fingerprint density at radius 1 is 1.04 bits per heavy atom. The molecule has 4 heterocycles. The summed E-state index contributed by atoms with van der Waals surface area (Å²) < 4.78 is 7.38. The van der Waals surface area contributed by atoms with E-state index < -0.39 is 0 Å². The molecular formula is C36H42N10O2. The highest BCUT2D eigenvalue weighted by molar-refractivity contribution is 5.91. The SMILES string of the molecule is CCCC(CCCN(C(=O)NCc1ccccc1)c1ccc(-c2cnn(C)c2)cn1)Nc1ncc(C#N)c(NCc2cc(C)oc2C)n1. The minimum atomic E-state index is -0.213. The van der Waals surface area contributed by atoms with Crippen molar-refractivity contribution in [2.24, 2.45) is 7.05 Å². The summed E-state index contributed by atoms with van der Waals surface area (Å²) in [5.41, 5.74) is 4.27. The lowest BCUT2D eigenvalue weighted by Crippen LogP contribution is -2.41. The lowest BCUT2D eigenvalue weighted by Gasteiger charge is -2.24. The average Bonchev–Trinajstić information content (AvgIpc) is 3.68. The molecule has 48 heavy (non-hydrogen) atoms. The number of carbonyl (C=O) groups is 1. The Balaban J connectivity index is 1.26. The molecular weight excluding hydrogens is 604 g/mol. The molecule has 0 aliphatic rings. The van der Waals surface area contributed by atoms with Gasteiger partial charge < -0.3 is 20.4 Å². The number of pyridine rings is 1. The van der Waals surface area contributed by atoms with Gasteiger partial charge in [0.05, 0.1) is 12.4 Å². The lowest BCUT2D eigenvalue weighted by molar-refractivity contribution is 0.245. The Morgan fingerprint density at radius 3 is 2.54 bits per heavy atom. The van der Waals surface area contributed by atoms with Crippen molar-refractivity contribution >= 4 is 23.6 Å². The van der Waals surface area contributed by atoms with Gasteiger partial charge in [-0.3, -0.25) is 9.58 Å². The van der Waals surface area contributed by atoms with Gasteiger partial charge in [0.25, 0.3) is 0 Å². The van der Waals surface area contributed by atoms with E-state index in [4.69, 9.17) is 4.42 Å². The molecule has 248 valence electrons. The van der Waals surface area contributed by atoms with E-state index in [1.165, 1.54) is 6.20 Å². The van der Waals surface area contributed by atoms with Crippen molar-refractivity contribution in [3.63, 3.8) is 0 Å². The molecule has 0 saturated carbocycles. The molecule has 12 nitrogen and oxygen atoms in total. The highest BCUT2D eigenvalue weighted by Crippen LogP contribution is 2.23. The van der Waals surface area contributed by atoms with E-state index in [2.05, 4.69) is 49.0 Å². The molecule has 2 amide bonds. The first-order chi connectivity index (χ1) is 23.3. The maximum absolute atomic E-state index is 13.5. The Hall–Kier alpha value is -5.70. The molecule has 0 aliphatic carbocycles. The molecule has 5 aromatic rings. The summed E-state index contributed by atoms with van der Waals surface area (Å²) in [7, 11) is 1.87. The summed E-state index contributed by atoms with van der Waals surface area (Å²) in [5, 5.41) is 23.7. The fourth-order valence-electron chi connectivity index (χ4n) is 5.50. The van der Waals surface area contributed by atoms with Crippen LogP contribution in [0.2, 0.25) is 0 Å². The fraction of sp³-hybridized carbons (Fsp3) is 0.333. The molecule has 1 unspecified atom stereocenters. The van der Waals surface area contributed by atoms with Gasteiger partial charge in [-0.1, -0.05) is 43.7 Å². The van der Waals surface area contributed by atoms with E-state index >= 15 is 0 Å². The van der Waals surface area contributed by atoms with Crippen molar-refractivity contribution in [1.29, 1.82) is 5.26 Å². The third-order valence-electron chi connectivity index (χ3n) is 8.00. The zero-order valence-electron chi connectivity index (χ0n) is 27.9. The van der Waals surface area contributed by atoms with E-state index in [0.29, 0.717) is 49.2 Å². The minimum absolute atomic E-state index is 0.0599.